The van der Waals surface area contributed by atoms with E-state index in [1.807, 2.05) is 36.4 Å². The highest BCUT2D eigenvalue weighted by Gasteiger charge is 2.06. The fourth-order valence-corrected chi connectivity index (χ4v) is 2.62. The fraction of sp³-hybridized carbons (Fsp3) is 0.294. The quantitative estimate of drug-likeness (QED) is 0.731. The molecule has 22 heavy (non-hydrogen) atoms. The molecule has 0 fully saturated rings. The molecule has 116 valence electrons. The van der Waals surface area contributed by atoms with Crippen LogP contribution < -0.4 is 5.32 Å². The molecule has 0 aromatic heterocycles. The normalized spacial score (nSPS) is 10.6. The molecule has 0 atom stereocenters. The van der Waals surface area contributed by atoms with Gasteiger partial charge < -0.3 is 10.4 Å². The molecule has 0 spiro atoms. The predicted molar refractivity (Wildman–Crippen MR) is 90.1 cm³/mol. The Morgan fingerprint density at radius 2 is 1.73 bits per heavy atom. The van der Waals surface area contributed by atoms with E-state index in [9.17, 15) is 9.59 Å². The highest BCUT2D eigenvalue weighted by Crippen LogP contribution is 2.20. The van der Waals surface area contributed by atoms with Gasteiger partial charge in [0.05, 0.1) is 0 Å². The van der Waals surface area contributed by atoms with E-state index in [-0.39, 0.29) is 12.3 Å². The number of fused-ring (bicyclic) bond motifs is 1. The van der Waals surface area contributed by atoms with Gasteiger partial charge in [-0.3, -0.25) is 9.59 Å². The summed E-state index contributed by atoms with van der Waals surface area (Å²) in [5.41, 5.74) is 0.639. The van der Waals surface area contributed by atoms with Crippen LogP contribution in [0.15, 0.2) is 40.9 Å². The average molecular weight is 364 g/mol. The minimum absolute atomic E-state index is 0.0944. The van der Waals surface area contributed by atoms with Gasteiger partial charge in [0.15, 0.2) is 0 Å². The number of benzene rings is 2. The number of carboxylic acid groups (broad SMARTS) is 1. The summed E-state index contributed by atoms with van der Waals surface area (Å²) in [4.78, 5) is 22.5. The van der Waals surface area contributed by atoms with Crippen molar-refractivity contribution in [1.82, 2.24) is 5.32 Å². The third-order valence-corrected chi connectivity index (χ3v) is 3.91. The summed E-state index contributed by atoms with van der Waals surface area (Å²) in [6.07, 6.45) is 2.43. The minimum Gasteiger partial charge on any atom is -0.481 e. The van der Waals surface area contributed by atoms with Crippen LogP contribution in [0, 0.1) is 0 Å². The summed E-state index contributed by atoms with van der Waals surface area (Å²) in [7, 11) is 0. The molecule has 0 bridgehead atoms. The van der Waals surface area contributed by atoms with Crippen molar-refractivity contribution in [2.24, 2.45) is 0 Å². The van der Waals surface area contributed by atoms with Crippen LogP contribution in [0.5, 0.6) is 0 Å². The molecule has 0 heterocycles. The van der Waals surface area contributed by atoms with Gasteiger partial charge in [0.1, 0.15) is 0 Å². The Kier molecular flexibility index (Phi) is 5.95. The molecule has 0 aliphatic heterocycles. The van der Waals surface area contributed by atoms with E-state index in [2.05, 4.69) is 21.2 Å². The van der Waals surface area contributed by atoms with Gasteiger partial charge >= 0.3 is 5.97 Å². The molecule has 0 saturated carbocycles. The Bertz CT molecular complexity index is 685. The molecule has 1 amide bonds. The third-order valence-electron chi connectivity index (χ3n) is 3.42. The van der Waals surface area contributed by atoms with Crippen LogP contribution >= 0.6 is 15.9 Å². The minimum atomic E-state index is -0.771. The number of carboxylic acids is 1. The Morgan fingerprint density at radius 3 is 2.50 bits per heavy atom. The average Bonchev–Trinajstić information content (AvgIpc) is 2.49. The first-order valence-electron chi connectivity index (χ1n) is 7.25. The van der Waals surface area contributed by atoms with Gasteiger partial charge in [-0.05, 0) is 47.9 Å². The topological polar surface area (TPSA) is 66.4 Å². The molecule has 2 aromatic rings. The molecule has 0 unspecified atom stereocenters. The maximum absolute atomic E-state index is 12.1. The lowest BCUT2D eigenvalue weighted by atomic mass is 10.1. The Labute approximate surface area is 137 Å². The van der Waals surface area contributed by atoms with E-state index in [0.717, 1.165) is 28.1 Å². The van der Waals surface area contributed by atoms with Crippen LogP contribution in [0.2, 0.25) is 0 Å². The molecule has 4 nitrogen and oxygen atoms in total. The van der Waals surface area contributed by atoms with Crippen LogP contribution in [0.4, 0.5) is 0 Å². The largest absolute Gasteiger partial charge is 0.481 e. The lowest BCUT2D eigenvalue weighted by Crippen LogP contribution is -2.24. The van der Waals surface area contributed by atoms with Crippen molar-refractivity contribution < 1.29 is 14.7 Å². The summed E-state index contributed by atoms with van der Waals surface area (Å²) in [6.45, 7) is 0.566. The number of carbonyl (C=O) groups excluding carboxylic acids is 1. The van der Waals surface area contributed by atoms with E-state index < -0.39 is 5.97 Å². The summed E-state index contributed by atoms with van der Waals surface area (Å²) in [5, 5.41) is 13.5. The Balaban J connectivity index is 1.85. The number of nitrogens with one attached hydrogen (secondary N) is 1. The maximum atomic E-state index is 12.1. The molecule has 0 radical (unpaired) electrons. The third kappa shape index (κ3) is 4.84. The van der Waals surface area contributed by atoms with Crippen molar-refractivity contribution in [3.63, 3.8) is 0 Å². The van der Waals surface area contributed by atoms with Crippen molar-refractivity contribution >= 4 is 38.6 Å². The monoisotopic (exact) mass is 363 g/mol. The molecule has 0 saturated heterocycles. The second-order valence-electron chi connectivity index (χ2n) is 5.17. The highest BCUT2D eigenvalue weighted by atomic mass is 79.9. The zero-order valence-corrected chi connectivity index (χ0v) is 13.7. The second kappa shape index (κ2) is 7.94. The van der Waals surface area contributed by atoms with Crippen molar-refractivity contribution in [3.8, 4) is 0 Å². The van der Waals surface area contributed by atoms with Crippen LogP contribution in [0.3, 0.4) is 0 Å². The molecule has 2 rings (SSSR count). The van der Waals surface area contributed by atoms with Gasteiger partial charge in [0.2, 0.25) is 0 Å². The van der Waals surface area contributed by atoms with Crippen LogP contribution in [0.1, 0.15) is 36.0 Å². The van der Waals surface area contributed by atoms with Gasteiger partial charge in [-0.1, -0.05) is 34.5 Å². The summed E-state index contributed by atoms with van der Waals surface area (Å²) >= 11 is 3.43. The molecule has 0 aliphatic carbocycles. The zero-order chi connectivity index (χ0) is 15.9. The van der Waals surface area contributed by atoms with E-state index in [0.29, 0.717) is 18.5 Å². The van der Waals surface area contributed by atoms with E-state index >= 15 is 0 Å². The lowest BCUT2D eigenvalue weighted by molar-refractivity contribution is -0.137. The Morgan fingerprint density at radius 1 is 1.00 bits per heavy atom. The van der Waals surface area contributed by atoms with E-state index in [4.69, 9.17) is 5.11 Å². The second-order valence-corrected chi connectivity index (χ2v) is 6.08. The molecule has 5 heteroatoms. The number of unbranched alkanes of at least 4 members (excludes halogenated alkanes) is 2. The predicted octanol–water partition coefficient (Wildman–Crippen LogP) is 3.98. The molecule has 2 aromatic carbocycles. The number of amides is 1. The van der Waals surface area contributed by atoms with Gasteiger partial charge in [-0.2, -0.15) is 0 Å². The van der Waals surface area contributed by atoms with Crippen LogP contribution in [-0.4, -0.2) is 23.5 Å². The molecule has 2 N–H and O–H groups in total. The van der Waals surface area contributed by atoms with Gasteiger partial charge in [-0.25, -0.2) is 0 Å². The Hall–Kier alpha value is -1.88. The number of rotatable bonds is 7. The van der Waals surface area contributed by atoms with Crippen molar-refractivity contribution in [2.75, 3.05) is 6.54 Å². The number of hydrogen-bond donors (Lipinski definition) is 2. The number of halogens is 1. The first kappa shape index (κ1) is 16.5. The number of carbonyl (C=O) groups is 2. The van der Waals surface area contributed by atoms with Crippen LogP contribution in [0.25, 0.3) is 10.8 Å². The fourth-order valence-electron chi connectivity index (χ4n) is 2.24. The zero-order valence-electron chi connectivity index (χ0n) is 12.1. The lowest BCUT2D eigenvalue weighted by Gasteiger charge is -2.06. The summed E-state index contributed by atoms with van der Waals surface area (Å²) < 4.78 is 1.01. The first-order valence-corrected chi connectivity index (χ1v) is 8.05. The standard InChI is InChI=1S/C17H18BrNO3/c18-15-8-7-12-10-14(6-5-13(12)11-15)17(22)19-9-3-1-2-4-16(20)21/h5-8,10-11H,1-4,9H2,(H,19,22)(H,20,21). The van der Waals surface area contributed by atoms with Crippen molar-refractivity contribution in [1.29, 1.82) is 0 Å². The van der Waals surface area contributed by atoms with E-state index in [1.54, 1.807) is 0 Å². The number of hydrogen-bond acceptors (Lipinski definition) is 2. The van der Waals surface area contributed by atoms with Gasteiger partial charge in [0.25, 0.3) is 5.91 Å². The highest BCUT2D eigenvalue weighted by molar-refractivity contribution is 9.10. The van der Waals surface area contributed by atoms with Crippen molar-refractivity contribution in [2.45, 2.75) is 25.7 Å². The maximum Gasteiger partial charge on any atom is 0.303 e. The van der Waals surface area contributed by atoms with Crippen molar-refractivity contribution in [3.05, 3.63) is 46.4 Å². The first-order chi connectivity index (χ1) is 10.6. The van der Waals surface area contributed by atoms with E-state index in [1.165, 1.54) is 0 Å². The summed E-state index contributed by atoms with van der Waals surface area (Å²) in [5.74, 6) is -0.866. The van der Waals surface area contributed by atoms with Crippen LogP contribution in [-0.2, 0) is 4.79 Å². The SMILES string of the molecule is O=C(O)CCCCCNC(=O)c1ccc2cc(Br)ccc2c1. The molecule has 0 aliphatic rings. The molecular weight excluding hydrogens is 346 g/mol. The smallest absolute Gasteiger partial charge is 0.303 e. The summed E-state index contributed by atoms with van der Waals surface area (Å²) in [6, 6.07) is 11.6. The van der Waals surface area contributed by atoms with Gasteiger partial charge in [-0.15, -0.1) is 0 Å². The van der Waals surface area contributed by atoms with Gasteiger partial charge in [0, 0.05) is 23.0 Å². The number of aliphatic carboxylic acids is 1. The molecular formula is C17H18BrNO3.